The number of halogens is 1. The molecule has 1 aromatic heterocycles. The number of fused-ring (bicyclic) bond motifs is 1. The molecule has 3 rings (SSSR count). The first-order valence-corrected chi connectivity index (χ1v) is 6.72. The number of hydrogen-bond donors (Lipinski definition) is 1. The molecule has 1 unspecified atom stereocenters. The van der Waals surface area contributed by atoms with Crippen molar-refractivity contribution in [3.8, 4) is 0 Å². The molecule has 1 N–H and O–H groups in total. The van der Waals surface area contributed by atoms with Gasteiger partial charge in [-0.3, -0.25) is 9.97 Å². The lowest BCUT2D eigenvalue weighted by Crippen LogP contribution is -2.07. The van der Waals surface area contributed by atoms with Crippen LogP contribution in [0.1, 0.15) is 28.4 Å². The maximum atomic E-state index is 14.3. The van der Waals surface area contributed by atoms with E-state index in [1.54, 1.807) is 31.5 Å². The average molecular weight is 282 g/mol. The van der Waals surface area contributed by atoms with Crippen molar-refractivity contribution in [1.82, 2.24) is 9.97 Å². The SMILES string of the molecule is Cc1cc(C)c(C(O)c2cccc3nccnc23)c(F)c1. The highest BCUT2D eigenvalue weighted by Crippen LogP contribution is 2.31. The van der Waals surface area contributed by atoms with Crippen molar-refractivity contribution < 1.29 is 9.50 Å². The van der Waals surface area contributed by atoms with Crippen molar-refractivity contribution in [2.75, 3.05) is 0 Å². The van der Waals surface area contributed by atoms with Gasteiger partial charge in [0, 0.05) is 23.5 Å². The summed E-state index contributed by atoms with van der Waals surface area (Å²) in [6.07, 6.45) is 2.10. The van der Waals surface area contributed by atoms with Crippen LogP contribution in [-0.4, -0.2) is 15.1 Å². The number of aromatic nitrogens is 2. The standard InChI is InChI=1S/C17H15FN2O/c1-10-8-11(2)15(13(18)9-10)17(21)12-4-3-5-14-16(12)20-7-6-19-14/h3-9,17,21H,1-2H3. The molecule has 1 atom stereocenters. The fourth-order valence-corrected chi connectivity index (χ4v) is 2.66. The van der Waals surface area contributed by atoms with Crippen molar-refractivity contribution in [1.29, 1.82) is 0 Å². The van der Waals surface area contributed by atoms with Crippen LogP contribution in [-0.2, 0) is 0 Å². The van der Waals surface area contributed by atoms with E-state index in [2.05, 4.69) is 9.97 Å². The predicted molar refractivity (Wildman–Crippen MR) is 79.5 cm³/mol. The summed E-state index contributed by atoms with van der Waals surface area (Å²) < 4.78 is 14.3. The normalized spacial score (nSPS) is 12.6. The van der Waals surface area contributed by atoms with Crippen LogP contribution in [0.15, 0.2) is 42.7 Å². The molecule has 1 heterocycles. The highest BCUT2D eigenvalue weighted by atomic mass is 19.1. The van der Waals surface area contributed by atoms with Gasteiger partial charge in [-0.05, 0) is 37.1 Å². The Balaban J connectivity index is 2.20. The van der Waals surface area contributed by atoms with E-state index in [4.69, 9.17) is 0 Å². The van der Waals surface area contributed by atoms with E-state index in [-0.39, 0.29) is 0 Å². The number of aryl methyl sites for hydroxylation is 2. The molecular weight excluding hydrogens is 267 g/mol. The van der Waals surface area contributed by atoms with Gasteiger partial charge in [0.25, 0.3) is 0 Å². The van der Waals surface area contributed by atoms with E-state index < -0.39 is 11.9 Å². The van der Waals surface area contributed by atoms with Gasteiger partial charge in [0.15, 0.2) is 0 Å². The van der Waals surface area contributed by atoms with Gasteiger partial charge in [-0.15, -0.1) is 0 Å². The summed E-state index contributed by atoms with van der Waals surface area (Å²) >= 11 is 0. The molecule has 0 spiro atoms. The molecule has 0 fully saturated rings. The highest BCUT2D eigenvalue weighted by molar-refractivity contribution is 5.78. The van der Waals surface area contributed by atoms with Gasteiger partial charge in [0.1, 0.15) is 11.9 Å². The van der Waals surface area contributed by atoms with Crippen molar-refractivity contribution in [3.63, 3.8) is 0 Å². The number of para-hydroxylation sites is 1. The molecule has 0 aliphatic carbocycles. The van der Waals surface area contributed by atoms with Crippen LogP contribution < -0.4 is 0 Å². The fourth-order valence-electron chi connectivity index (χ4n) is 2.66. The quantitative estimate of drug-likeness (QED) is 0.783. The summed E-state index contributed by atoms with van der Waals surface area (Å²) in [5.74, 6) is -0.402. The molecule has 0 aliphatic heterocycles. The van der Waals surface area contributed by atoms with Crippen LogP contribution in [0.4, 0.5) is 4.39 Å². The van der Waals surface area contributed by atoms with Gasteiger partial charge in [-0.2, -0.15) is 0 Å². The van der Waals surface area contributed by atoms with Crippen LogP contribution >= 0.6 is 0 Å². The topological polar surface area (TPSA) is 46.0 Å². The number of aliphatic hydroxyl groups excluding tert-OH is 1. The molecule has 4 heteroatoms. The lowest BCUT2D eigenvalue weighted by atomic mass is 9.94. The third kappa shape index (κ3) is 2.38. The molecule has 3 nitrogen and oxygen atoms in total. The summed E-state index contributed by atoms with van der Waals surface area (Å²) in [5, 5.41) is 10.6. The Labute approximate surface area is 122 Å². The first-order valence-electron chi connectivity index (χ1n) is 6.72. The number of aliphatic hydroxyl groups is 1. The Morgan fingerprint density at radius 1 is 1.10 bits per heavy atom. The van der Waals surface area contributed by atoms with E-state index >= 15 is 0 Å². The summed E-state index contributed by atoms with van der Waals surface area (Å²) in [7, 11) is 0. The first-order chi connectivity index (χ1) is 10.1. The van der Waals surface area contributed by atoms with Crippen LogP contribution in [0.25, 0.3) is 11.0 Å². The van der Waals surface area contributed by atoms with E-state index in [1.807, 2.05) is 19.1 Å². The highest BCUT2D eigenvalue weighted by Gasteiger charge is 2.20. The van der Waals surface area contributed by atoms with E-state index in [0.29, 0.717) is 22.2 Å². The molecule has 106 valence electrons. The second-order valence-corrected chi connectivity index (χ2v) is 5.15. The van der Waals surface area contributed by atoms with E-state index in [1.165, 1.54) is 6.07 Å². The van der Waals surface area contributed by atoms with Gasteiger partial charge in [-0.1, -0.05) is 18.2 Å². The largest absolute Gasteiger partial charge is 0.383 e. The predicted octanol–water partition coefficient (Wildman–Crippen LogP) is 3.47. The third-order valence-corrected chi connectivity index (χ3v) is 3.58. The maximum absolute atomic E-state index is 14.3. The van der Waals surface area contributed by atoms with Crippen molar-refractivity contribution in [3.05, 3.63) is 70.8 Å². The lowest BCUT2D eigenvalue weighted by molar-refractivity contribution is 0.215. The lowest BCUT2D eigenvalue weighted by Gasteiger charge is -2.17. The van der Waals surface area contributed by atoms with E-state index in [9.17, 15) is 9.50 Å². The molecule has 0 bridgehead atoms. The molecule has 0 aliphatic rings. The number of hydrogen-bond acceptors (Lipinski definition) is 3. The zero-order valence-electron chi connectivity index (χ0n) is 11.8. The molecule has 0 saturated heterocycles. The summed E-state index contributed by atoms with van der Waals surface area (Å²) in [5.41, 5.74) is 3.68. The minimum Gasteiger partial charge on any atom is -0.383 e. The Bertz CT molecular complexity index is 788. The molecule has 0 radical (unpaired) electrons. The molecule has 3 aromatic rings. The number of benzene rings is 2. The monoisotopic (exact) mass is 282 g/mol. The van der Waals surface area contributed by atoms with Crippen LogP contribution in [0.2, 0.25) is 0 Å². The average Bonchev–Trinajstić information content (AvgIpc) is 2.45. The molecule has 2 aromatic carbocycles. The number of rotatable bonds is 2. The minimum absolute atomic E-state index is 0.291. The summed E-state index contributed by atoms with van der Waals surface area (Å²) in [6, 6.07) is 8.65. The smallest absolute Gasteiger partial charge is 0.129 e. The summed E-state index contributed by atoms with van der Waals surface area (Å²) in [4.78, 5) is 8.47. The summed E-state index contributed by atoms with van der Waals surface area (Å²) in [6.45, 7) is 3.63. The Kier molecular flexibility index (Phi) is 3.39. The van der Waals surface area contributed by atoms with Gasteiger partial charge >= 0.3 is 0 Å². The second kappa shape index (κ2) is 5.22. The fraction of sp³-hybridized carbons (Fsp3) is 0.176. The zero-order valence-corrected chi connectivity index (χ0v) is 11.8. The van der Waals surface area contributed by atoms with Crippen molar-refractivity contribution >= 4 is 11.0 Å². The molecular formula is C17H15FN2O. The van der Waals surface area contributed by atoms with Gasteiger partial charge in [0.05, 0.1) is 11.0 Å². The van der Waals surface area contributed by atoms with Gasteiger partial charge in [0.2, 0.25) is 0 Å². The van der Waals surface area contributed by atoms with Crippen LogP contribution in [0.3, 0.4) is 0 Å². The second-order valence-electron chi connectivity index (χ2n) is 5.15. The number of nitrogens with zero attached hydrogens (tertiary/aromatic N) is 2. The Morgan fingerprint density at radius 3 is 2.62 bits per heavy atom. The minimum atomic E-state index is -1.06. The first kappa shape index (κ1) is 13.6. The zero-order chi connectivity index (χ0) is 15.0. The van der Waals surface area contributed by atoms with Crippen molar-refractivity contribution in [2.24, 2.45) is 0 Å². The maximum Gasteiger partial charge on any atom is 0.129 e. The van der Waals surface area contributed by atoms with Crippen LogP contribution in [0.5, 0.6) is 0 Å². The third-order valence-electron chi connectivity index (χ3n) is 3.58. The van der Waals surface area contributed by atoms with Gasteiger partial charge in [-0.25, -0.2) is 4.39 Å². The van der Waals surface area contributed by atoms with Crippen molar-refractivity contribution in [2.45, 2.75) is 20.0 Å². The van der Waals surface area contributed by atoms with Crippen LogP contribution in [0, 0.1) is 19.7 Å². The Morgan fingerprint density at radius 2 is 1.86 bits per heavy atom. The van der Waals surface area contributed by atoms with E-state index in [0.717, 1.165) is 11.1 Å². The Hall–Kier alpha value is -2.33. The molecule has 0 amide bonds. The molecule has 21 heavy (non-hydrogen) atoms. The molecule has 0 saturated carbocycles. The van der Waals surface area contributed by atoms with Gasteiger partial charge < -0.3 is 5.11 Å².